The van der Waals surface area contributed by atoms with Crippen LogP contribution in [-0.4, -0.2) is 62.7 Å². The van der Waals surface area contributed by atoms with Gasteiger partial charge in [-0.15, -0.1) is 11.3 Å². The maximum absolute atomic E-state index is 12.8. The van der Waals surface area contributed by atoms with Gasteiger partial charge in [0, 0.05) is 44.0 Å². The van der Waals surface area contributed by atoms with Crippen molar-refractivity contribution >= 4 is 34.8 Å². The Morgan fingerprint density at radius 2 is 1.87 bits per heavy atom. The molecule has 2 amide bonds. The third-order valence-corrected chi connectivity index (χ3v) is 6.15. The Bertz CT molecular complexity index is 1040. The SMILES string of the molecule is O=C(Cc1csc(-c2cnccn2)n1)N1CCCN(C(=O)c2ccccc2Cl)CC1. The van der Waals surface area contributed by atoms with Crippen molar-refractivity contribution in [3.63, 3.8) is 0 Å². The fourth-order valence-corrected chi connectivity index (χ4v) is 4.35. The van der Waals surface area contributed by atoms with E-state index < -0.39 is 0 Å². The zero-order valence-electron chi connectivity index (χ0n) is 16.2. The number of amides is 2. The van der Waals surface area contributed by atoms with E-state index >= 15 is 0 Å². The van der Waals surface area contributed by atoms with Crippen molar-refractivity contribution in [3.05, 3.63) is 64.5 Å². The molecule has 1 saturated heterocycles. The normalized spacial score (nSPS) is 14.4. The first-order valence-electron chi connectivity index (χ1n) is 9.64. The van der Waals surface area contributed by atoms with Crippen LogP contribution >= 0.6 is 22.9 Å². The summed E-state index contributed by atoms with van der Waals surface area (Å²) in [7, 11) is 0. The van der Waals surface area contributed by atoms with Crippen LogP contribution < -0.4 is 0 Å². The molecule has 2 aromatic heterocycles. The molecule has 7 nitrogen and oxygen atoms in total. The molecule has 0 saturated carbocycles. The first-order chi connectivity index (χ1) is 14.6. The molecular formula is C21H20ClN5O2S. The number of hydrogen-bond acceptors (Lipinski definition) is 6. The lowest BCUT2D eigenvalue weighted by atomic mass is 10.2. The average Bonchev–Trinajstić information content (AvgIpc) is 3.09. The minimum Gasteiger partial charge on any atom is -0.341 e. The molecule has 30 heavy (non-hydrogen) atoms. The molecule has 0 atom stereocenters. The van der Waals surface area contributed by atoms with Crippen molar-refractivity contribution in [2.24, 2.45) is 0 Å². The highest BCUT2D eigenvalue weighted by Gasteiger charge is 2.24. The molecule has 0 aliphatic carbocycles. The molecule has 3 heterocycles. The minimum atomic E-state index is -0.0944. The third-order valence-electron chi connectivity index (χ3n) is 4.91. The molecule has 1 aromatic carbocycles. The molecule has 0 unspecified atom stereocenters. The van der Waals surface area contributed by atoms with E-state index in [1.54, 1.807) is 52.7 Å². The predicted molar refractivity (Wildman–Crippen MR) is 115 cm³/mol. The number of benzene rings is 1. The van der Waals surface area contributed by atoms with Gasteiger partial charge in [-0.3, -0.25) is 19.6 Å². The van der Waals surface area contributed by atoms with Gasteiger partial charge in [-0.1, -0.05) is 23.7 Å². The second-order valence-corrected chi connectivity index (χ2v) is 8.18. The van der Waals surface area contributed by atoms with Gasteiger partial charge in [-0.2, -0.15) is 0 Å². The molecule has 0 radical (unpaired) electrons. The van der Waals surface area contributed by atoms with Crippen LogP contribution in [0.5, 0.6) is 0 Å². The number of rotatable bonds is 4. The number of nitrogens with zero attached hydrogens (tertiary/aromatic N) is 5. The van der Waals surface area contributed by atoms with Crippen LogP contribution in [0.3, 0.4) is 0 Å². The summed E-state index contributed by atoms with van der Waals surface area (Å²) in [6, 6.07) is 7.05. The van der Waals surface area contributed by atoms with E-state index in [2.05, 4.69) is 15.0 Å². The highest BCUT2D eigenvalue weighted by molar-refractivity contribution is 7.13. The van der Waals surface area contributed by atoms with Crippen molar-refractivity contribution in [2.75, 3.05) is 26.2 Å². The summed E-state index contributed by atoms with van der Waals surface area (Å²) >= 11 is 7.62. The number of carbonyl (C=O) groups excluding carboxylic acids is 2. The smallest absolute Gasteiger partial charge is 0.255 e. The van der Waals surface area contributed by atoms with Crippen LogP contribution in [0.15, 0.2) is 48.2 Å². The van der Waals surface area contributed by atoms with Gasteiger partial charge in [0.2, 0.25) is 5.91 Å². The van der Waals surface area contributed by atoms with Crippen molar-refractivity contribution in [1.29, 1.82) is 0 Å². The highest BCUT2D eigenvalue weighted by atomic mass is 35.5. The van der Waals surface area contributed by atoms with Crippen LogP contribution in [0.25, 0.3) is 10.7 Å². The Morgan fingerprint density at radius 1 is 1.07 bits per heavy atom. The minimum absolute atomic E-state index is 0.0121. The Labute approximate surface area is 183 Å². The molecule has 1 aliphatic rings. The molecule has 1 aliphatic heterocycles. The summed E-state index contributed by atoms with van der Waals surface area (Å²) in [4.78, 5) is 42.0. The standard InChI is InChI=1S/C21H20ClN5O2S/c22-17-5-2-1-4-16(17)21(29)27-9-3-8-26(10-11-27)19(28)12-15-14-30-20(25-15)18-13-23-6-7-24-18/h1-2,4-7,13-14H,3,8-12H2. The van der Waals surface area contributed by atoms with E-state index in [0.717, 1.165) is 17.1 Å². The van der Waals surface area contributed by atoms with Crippen molar-refractivity contribution in [2.45, 2.75) is 12.8 Å². The van der Waals surface area contributed by atoms with Gasteiger partial charge in [0.05, 0.1) is 28.9 Å². The van der Waals surface area contributed by atoms with Crippen LogP contribution in [0.1, 0.15) is 22.5 Å². The summed E-state index contributed by atoms with van der Waals surface area (Å²) in [5, 5.41) is 3.08. The summed E-state index contributed by atoms with van der Waals surface area (Å²) in [6.45, 7) is 2.20. The van der Waals surface area contributed by atoms with Crippen LogP contribution in [-0.2, 0) is 11.2 Å². The maximum atomic E-state index is 12.8. The van der Waals surface area contributed by atoms with E-state index in [4.69, 9.17) is 11.6 Å². The van der Waals surface area contributed by atoms with Gasteiger partial charge in [-0.25, -0.2) is 4.98 Å². The lowest BCUT2D eigenvalue weighted by molar-refractivity contribution is -0.130. The van der Waals surface area contributed by atoms with Gasteiger partial charge in [0.15, 0.2) is 0 Å². The molecular weight excluding hydrogens is 422 g/mol. The fourth-order valence-electron chi connectivity index (χ4n) is 3.36. The second kappa shape index (κ2) is 9.32. The molecule has 154 valence electrons. The van der Waals surface area contributed by atoms with E-state index in [-0.39, 0.29) is 18.2 Å². The molecule has 0 spiro atoms. The van der Waals surface area contributed by atoms with E-state index in [0.29, 0.717) is 42.5 Å². The zero-order valence-corrected chi connectivity index (χ0v) is 17.8. The third kappa shape index (κ3) is 4.66. The lowest BCUT2D eigenvalue weighted by Crippen LogP contribution is -2.38. The van der Waals surface area contributed by atoms with E-state index in [9.17, 15) is 9.59 Å². The predicted octanol–water partition coefficient (Wildman–Crippen LogP) is 3.17. The fraction of sp³-hybridized carbons (Fsp3) is 0.286. The average molecular weight is 442 g/mol. The highest BCUT2D eigenvalue weighted by Crippen LogP contribution is 2.22. The summed E-state index contributed by atoms with van der Waals surface area (Å²) in [5.74, 6) is -0.0824. The Kier molecular flexibility index (Phi) is 6.35. The first-order valence-corrected chi connectivity index (χ1v) is 10.9. The van der Waals surface area contributed by atoms with E-state index in [1.807, 2.05) is 5.38 Å². The molecule has 0 N–H and O–H groups in total. The maximum Gasteiger partial charge on any atom is 0.255 e. The van der Waals surface area contributed by atoms with Gasteiger partial charge in [0.25, 0.3) is 5.91 Å². The summed E-state index contributed by atoms with van der Waals surface area (Å²) in [6.07, 6.45) is 5.85. The molecule has 0 bridgehead atoms. The van der Waals surface area contributed by atoms with Gasteiger partial charge >= 0.3 is 0 Å². The van der Waals surface area contributed by atoms with Crippen LogP contribution in [0.2, 0.25) is 5.02 Å². The monoisotopic (exact) mass is 441 g/mol. The quantitative estimate of drug-likeness (QED) is 0.621. The van der Waals surface area contributed by atoms with Crippen molar-refractivity contribution < 1.29 is 9.59 Å². The zero-order chi connectivity index (χ0) is 20.9. The van der Waals surface area contributed by atoms with Gasteiger partial charge in [-0.05, 0) is 18.6 Å². The van der Waals surface area contributed by atoms with Gasteiger partial charge in [0.1, 0.15) is 10.7 Å². The Balaban J connectivity index is 1.36. The molecule has 4 rings (SSSR count). The lowest BCUT2D eigenvalue weighted by Gasteiger charge is -2.22. The summed E-state index contributed by atoms with van der Waals surface area (Å²) < 4.78 is 0. The number of thiazole rings is 1. The van der Waals surface area contributed by atoms with E-state index in [1.165, 1.54) is 11.3 Å². The summed E-state index contributed by atoms with van der Waals surface area (Å²) in [5.41, 5.74) is 1.92. The van der Waals surface area contributed by atoms with Crippen LogP contribution in [0, 0.1) is 0 Å². The number of carbonyl (C=O) groups is 2. The topological polar surface area (TPSA) is 79.3 Å². The van der Waals surface area contributed by atoms with Crippen molar-refractivity contribution in [1.82, 2.24) is 24.8 Å². The first kappa shape index (κ1) is 20.4. The second-order valence-electron chi connectivity index (χ2n) is 6.92. The molecule has 9 heteroatoms. The Morgan fingerprint density at radius 3 is 2.67 bits per heavy atom. The van der Waals surface area contributed by atoms with Crippen LogP contribution in [0.4, 0.5) is 0 Å². The number of aromatic nitrogens is 3. The largest absolute Gasteiger partial charge is 0.341 e. The van der Waals surface area contributed by atoms with Gasteiger partial charge < -0.3 is 9.80 Å². The molecule has 1 fully saturated rings. The number of halogens is 1. The molecule has 3 aromatic rings. The van der Waals surface area contributed by atoms with Crippen molar-refractivity contribution in [3.8, 4) is 10.7 Å². The Hall–Kier alpha value is -2.84. The number of hydrogen-bond donors (Lipinski definition) is 0.